The molecule has 0 unspecified atom stereocenters. The number of nitrogens with one attached hydrogen (secondary N) is 1. The van der Waals surface area contributed by atoms with Gasteiger partial charge in [0.05, 0.1) is 18.1 Å². The van der Waals surface area contributed by atoms with E-state index in [1.807, 2.05) is 36.9 Å². The molecule has 0 aliphatic carbocycles. The molecule has 0 amide bonds. The number of nitrogens with zero attached hydrogens (tertiary/aromatic N) is 5. The molecule has 29 heavy (non-hydrogen) atoms. The van der Waals surface area contributed by atoms with E-state index in [4.69, 9.17) is 4.98 Å². The molecule has 0 atom stereocenters. The highest BCUT2D eigenvalue weighted by molar-refractivity contribution is 5.93. The molecular weight excluding hydrogens is 367 g/mol. The summed E-state index contributed by atoms with van der Waals surface area (Å²) in [5, 5.41) is 5.55. The van der Waals surface area contributed by atoms with E-state index in [1.54, 1.807) is 12.4 Å². The second-order valence-corrected chi connectivity index (χ2v) is 7.39. The predicted molar refractivity (Wildman–Crippen MR) is 112 cm³/mol. The van der Waals surface area contributed by atoms with Crippen molar-refractivity contribution in [3.05, 3.63) is 71.7 Å². The standard InChI is InChI=1S/C22H21FN6/c1-14-9-15(2)29(27-14)22-13-24-12-21(26-22)28-7-5-16(6-8-28)19-11-25-20-10-17(23)3-4-18(19)20/h3-5,9-13,25H,6-8H2,1-2H3. The Balaban J connectivity index is 1.40. The molecule has 0 saturated carbocycles. The number of rotatable bonds is 3. The summed E-state index contributed by atoms with van der Waals surface area (Å²) in [4.78, 5) is 14.5. The van der Waals surface area contributed by atoms with Crippen molar-refractivity contribution in [1.82, 2.24) is 24.7 Å². The summed E-state index contributed by atoms with van der Waals surface area (Å²) < 4.78 is 15.3. The molecule has 0 radical (unpaired) electrons. The van der Waals surface area contributed by atoms with Crippen LogP contribution in [0.5, 0.6) is 0 Å². The number of hydrogen-bond acceptors (Lipinski definition) is 4. The zero-order chi connectivity index (χ0) is 20.0. The molecule has 4 heterocycles. The maximum absolute atomic E-state index is 13.4. The van der Waals surface area contributed by atoms with Crippen molar-refractivity contribution in [3.63, 3.8) is 0 Å². The van der Waals surface area contributed by atoms with Gasteiger partial charge in [0, 0.05) is 41.4 Å². The van der Waals surface area contributed by atoms with Gasteiger partial charge >= 0.3 is 0 Å². The van der Waals surface area contributed by atoms with Gasteiger partial charge in [0.15, 0.2) is 5.82 Å². The van der Waals surface area contributed by atoms with Crippen molar-refractivity contribution in [3.8, 4) is 5.82 Å². The van der Waals surface area contributed by atoms with Gasteiger partial charge in [0.25, 0.3) is 0 Å². The predicted octanol–water partition coefficient (Wildman–Crippen LogP) is 4.19. The molecule has 3 aromatic heterocycles. The Morgan fingerprint density at radius 2 is 1.97 bits per heavy atom. The van der Waals surface area contributed by atoms with E-state index in [9.17, 15) is 4.39 Å². The molecule has 0 spiro atoms. The van der Waals surface area contributed by atoms with Crippen molar-refractivity contribution >= 4 is 22.3 Å². The van der Waals surface area contributed by atoms with Crippen LogP contribution in [-0.4, -0.2) is 37.8 Å². The average molecular weight is 388 g/mol. The van der Waals surface area contributed by atoms with E-state index in [2.05, 4.69) is 26.0 Å². The first-order chi connectivity index (χ1) is 14.1. The van der Waals surface area contributed by atoms with Gasteiger partial charge in [-0.05, 0) is 50.1 Å². The number of fused-ring (bicyclic) bond motifs is 1. The fourth-order valence-electron chi connectivity index (χ4n) is 3.95. The Bertz CT molecular complexity index is 1240. The van der Waals surface area contributed by atoms with Crippen molar-refractivity contribution in [2.24, 2.45) is 0 Å². The number of anilines is 1. The summed E-state index contributed by atoms with van der Waals surface area (Å²) in [6.45, 7) is 5.57. The fraction of sp³-hybridized carbons (Fsp3) is 0.227. The summed E-state index contributed by atoms with van der Waals surface area (Å²) in [5.74, 6) is 1.34. The van der Waals surface area contributed by atoms with Crippen molar-refractivity contribution in [1.29, 1.82) is 0 Å². The van der Waals surface area contributed by atoms with Gasteiger partial charge in [-0.1, -0.05) is 6.08 Å². The van der Waals surface area contributed by atoms with Gasteiger partial charge < -0.3 is 9.88 Å². The minimum atomic E-state index is -0.226. The van der Waals surface area contributed by atoms with Crippen LogP contribution in [0.1, 0.15) is 23.4 Å². The van der Waals surface area contributed by atoms with Crippen LogP contribution in [0.25, 0.3) is 22.3 Å². The number of hydrogen-bond donors (Lipinski definition) is 1. The zero-order valence-electron chi connectivity index (χ0n) is 16.4. The Labute approximate surface area is 167 Å². The highest BCUT2D eigenvalue weighted by Gasteiger charge is 2.18. The summed E-state index contributed by atoms with van der Waals surface area (Å²) in [6.07, 6.45) is 8.60. The average Bonchev–Trinajstić information content (AvgIpc) is 3.30. The lowest BCUT2D eigenvalue weighted by Crippen LogP contribution is -2.29. The Morgan fingerprint density at radius 3 is 2.72 bits per heavy atom. The van der Waals surface area contributed by atoms with Crippen molar-refractivity contribution < 1.29 is 4.39 Å². The second-order valence-electron chi connectivity index (χ2n) is 7.39. The summed E-state index contributed by atoms with van der Waals surface area (Å²) in [5.41, 5.74) is 5.22. The van der Waals surface area contributed by atoms with Gasteiger partial charge in [0.2, 0.25) is 0 Å². The Kier molecular flexibility index (Phi) is 4.16. The van der Waals surface area contributed by atoms with Crippen LogP contribution in [0.4, 0.5) is 10.2 Å². The zero-order valence-corrected chi connectivity index (χ0v) is 16.4. The van der Waals surface area contributed by atoms with Crippen LogP contribution in [0.3, 0.4) is 0 Å². The number of benzene rings is 1. The third-order valence-corrected chi connectivity index (χ3v) is 5.36. The first-order valence-electron chi connectivity index (χ1n) is 9.65. The largest absolute Gasteiger partial charge is 0.360 e. The number of aromatic nitrogens is 5. The van der Waals surface area contributed by atoms with E-state index >= 15 is 0 Å². The molecule has 1 aliphatic heterocycles. The molecule has 0 fully saturated rings. The first kappa shape index (κ1) is 17.6. The third-order valence-electron chi connectivity index (χ3n) is 5.36. The lowest BCUT2D eigenvalue weighted by Gasteiger charge is -2.27. The number of aryl methyl sites for hydroxylation is 2. The highest BCUT2D eigenvalue weighted by Crippen LogP contribution is 2.30. The Hall–Kier alpha value is -3.48. The summed E-state index contributed by atoms with van der Waals surface area (Å²) in [7, 11) is 0. The number of H-pyrrole nitrogens is 1. The molecule has 0 bridgehead atoms. The second kappa shape index (κ2) is 6.84. The highest BCUT2D eigenvalue weighted by atomic mass is 19.1. The third kappa shape index (κ3) is 3.18. The van der Waals surface area contributed by atoms with Gasteiger partial charge in [-0.2, -0.15) is 5.10 Å². The molecule has 0 saturated heterocycles. The van der Waals surface area contributed by atoms with Gasteiger partial charge in [0.1, 0.15) is 11.6 Å². The SMILES string of the molecule is Cc1cc(C)n(-c2cncc(N3CC=C(c4c[nH]c5cc(F)ccc45)CC3)n2)n1. The quantitative estimate of drug-likeness (QED) is 0.572. The minimum absolute atomic E-state index is 0.226. The lowest BCUT2D eigenvalue weighted by molar-refractivity contribution is 0.629. The molecule has 1 N–H and O–H groups in total. The smallest absolute Gasteiger partial charge is 0.174 e. The molecule has 5 rings (SSSR count). The van der Waals surface area contributed by atoms with Crippen LogP contribution < -0.4 is 4.90 Å². The maximum atomic E-state index is 13.4. The summed E-state index contributed by atoms with van der Waals surface area (Å²) in [6, 6.07) is 6.91. The molecule has 7 heteroatoms. The van der Waals surface area contributed by atoms with Gasteiger partial charge in [-0.15, -0.1) is 0 Å². The van der Waals surface area contributed by atoms with Gasteiger partial charge in [-0.3, -0.25) is 4.98 Å². The fourth-order valence-corrected chi connectivity index (χ4v) is 3.95. The van der Waals surface area contributed by atoms with Crippen molar-refractivity contribution in [2.45, 2.75) is 20.3 Å². The topological polar surface area (TPSA) is 62.6 Å². The molecule has 4 aromatic rings. The van der Waals surface area contributed by atoms with Crippen LogP contribution in [0.2, 0.25) is 0 Å². The molecule has 6 nitrogen and oxygen atoms in total. The van der Waals surface area contributed by atoms with Crippen molar-refractivity contribution in [2.75, 3.05) is 18.0 Å². The van der Waals surface area contributed by atoms with Crippen LogP contribution >= 0.6 is 0 Å². The van der Waals surface area contributed by atoms with E-state index < -0.39 is 0 Å². The number of halogens is 1. The lowest BCUT2D eigenvalue weighted by atomic mass is 9.99. The van der Waals surface area contributed by atoms with Crippen LogP contribution in [0, 0.1) is 19.7 Å². The molecular formula is C22H21FN6. The van der Waals surface area contributed by atoms with Gasteiger partial charge in [-0.25, -0.2) is 14.1 Å². The van der Waals surface area contributed by atoms with E-state index in [1.165, 1.54) is 17.7 Å². The minimum Gasteiger partial charge on any atom is -0.360 e. The normalized spacial score (nSPS) is 14.4. The van der Waals surface area contributed by atoms with E-state index in [-0.39, 0.29) is 5.82 Å². The van der Waals surface area contributed by atoms with E-state index in [0.29, 0.717) is 0 Å². The molecule has 1 aromatic carbocycles. The monoisotopic (exact) mass is 388 g/mol. The van der Waals surface area contributed by atoms with Crippen LogP contribution in [0.15, 0.2) is 48.9 Å². The number of aromatic amines is 1. The molecule has 146 valence electrons. The maximum Gasteiger partial charge on any atom is 0.174 e. The Morgan fingerprint density at radius 1 is 1.10 bits per heavy atom. The first-order valence-corrected chi connectivity index (χ1v) is 9.65. The van der Waals surface area contributed by atoms with E-state index in [0.717, 1.165) is 59.0 Å². The summed E-state index contributed by atoms with van der Waals surface area (Å²) >= 11 is 0. The molecule has 1 aliphatic rings. The van der Waals surface area contributed by atoms with Crippen LogP contribution in [-0.2, 0) is 0 Å².